The van der Waals surface area contributed by atoms with Crippen molar-refractivity contribution >= 4 is 29.0 Å². The SMILES string of the molecule is CCCCc1ccc(C(=O)O)c(CCCC)c1.[Mg]. The lowest BCUT2D eigenvalue weighted by atomic mass is 9.97. The fourth-order valence-electron chi connectivity index (χ4n) is 1.97. The standard InChI is InChI=1S/C15H22O2.Mg/c1-3-5-7-12-9-10-14(15(16)17)13(11-12)8-6-4-2;/h9-11H,3-8H2,1-2H3,(H,16,17);. The van der Waals surface area contributed by atoms with Crippen molar-refractivity contribution in [2.45, 2.75) is 52.4 Å². The van der Waals surface area contributed by atoms with Gasteiger partial charge in [0.25, 0.3) is 0 Å². The predicted octanol–water partition coefficient (Wildman–Crippen LogP) is 3.69. The van der Waals surface area contributed by atoms with Crippen LogP contribution >= 0.6 is 0 Å². The number of benzene rings is 1. The van der Waals surface area contributed by atoms with Crippen molar-refractivity contribution in [2.75, 3.05) is 0 Å². The van der Waals surface area contributed by atoms with E-state index in [9.17, 15) is 4.79 Å². The molecule has 1 aromatic carbocycles. The lowest BCUT2D eigenvalue weighted by molar-refractivity contribution is 0.0695. The third kappa shape index (κ3) is 5.40. The van der Waals surface area contributed by atoms with Gasteiger partial charge >= 0.3 is 5.97 Å². The third-order valence-corrected chi connectivity index (χ3v) is 3.02. The maximum Gasteiger partial charge on any atom is 0.335 e. The largest absolute Gasteiger partial charge is 0.478 e. The second-order valence-electron chi connectivity index (χ2n) is 4.50. The van der Waals surface area contributed by atoms with Crippen molar-refractivity contribution in [1.82, 2.24) is 0 Å². The summed E-state index contributed by atoms with van der Waals surface area (Å²) in [5, 5.41) is 9.13. The average Bonchev–Trinajstić information content (AvgIpc) is 2.33. The highest BCUT2D eigenvalue weighted by molar-refractivity contribution is 5.89. The Kier molecular flexibility index (Phi) is 9.11. The van der Waals surface area contributed by atoms with Gasteiger partial charge in [0.05, 0.1) is 5.56 Å². The molecule has 0 saturated carbocycles. The zero-order valence-electron chi connectivity index (χ0n) is 11.5. The number of aromatic carboxylic acids is 1. The Labute approximate surface area is 126 Å². The van der Waals surface area contributed by atoms with E-state index in [2.05, 4.69) is 19.9 Å². The van der Waals surface area contributed by atoms with Gasteiger partial charge in [-0.1, -0.05) is 38.8 Å². The molecule has 0 spiro atoms. The zero-order chi connectivity index (χ0) is 12.7. The lowest BCUT2D eigenvalue weighted by Gasteiger charge is -2.08. The number of carboxylic acid groups (broad SMARTS) is 1. The summed E-state index contributed by atoms with van der Waals surface area (Å²) in [6.45, 7) is 4.30. The molecule has 2 radical (unpaired) electrons. The molecule has 0 saturated heterocycles. The van der Waals surface area contributed by atoms with E-state index in [1.165, 1.54) is 18.4 Å². The van der Waals surface area contributed by atoms with Gasteiger partial charge in [-0.15, -0.1) is 0 Å². The maximum atomic E-state index is 11.1. The molecule has 1 rings (SSSR count). The molecule has 0 aliphatic heterocycles. The van der Waals surface area contributed by atoms with Crippen LogP contribution in [-0.4, -0.2) is 34.1 Å². The molecule has 0 aliphatic carbocycles. The Balaban J connectivity index is 0.00000289. The van der Waals surface area contributed by atoms with E-state index in [1.807, 2.05) is 6.07 Å². The minimum atomic E-state index is -0.807. The van der Waals surface area contributed by atoms with Crippen molar-refractivity contribution in [3.63, 3.8) is 0 Å². The summed E-state index contributed by atoms with van der Waals surface area (Å²) in [6.07, 6.45) is 6.41. The average molecular weight is 259 g/mol. The normalized spacial score (nSPS) is 9.89. The van der Waals surface area contributed by atoms with Crippen LogP contribution in [0.4, 0.5) is 0 Å². The first-order valence-corrected chi connectivity index (χ1v) is 6.54. The van der Waals surface area contributed by atoms with Crippen molar-refractivity contribution in [3.05, 3.63) is 34.9 Å². The minimum Gasteiger partial charge on any atom is -0.478 e. The van der Waals surface area contributed by atoms with Crippen molar-refractivity contribution in [1.29, 1.82) is 0 Å². The summed E-state index contributed by atoms with van der Waals surface area (Å²) in [7, 11) is 0. The molecule has 3 heteroatoms. The Morgan fingerprint density at radius 3 is 2.28 bits per heavy atom. The molecule has 0 atom stereocenters. The number of rotatable bonds is 7. The van der Waals surface area contributed by atoms with Gasteiger partial charge in [0.1, 0.15) is 0 Å². The van der Waals surface area contributed by atoms with Crippen LogP contribution in [-0.2, 0) is 12.8 Å². The van der Waals surface area contributed by atoms with Gasteiger partial charge in [-0.2, -0.15) is 0 Å². The van der Waals surface area contributed by atoms with Crippen LogP contribution in [0.2, 0.25) is 0 Å². The molecule has 0 bridgehead atoms. The molecule has 1 aromatic rings. The van der Waals surface area contributed by atoms with Crippen LogP contribution in [0.5, 0.6) is 0 Å². The van der Waals surface area contributed by atoms with Gasteiger partial charge in [-0.3, -0.25) is 0 Å². The van der Waals surface area contributed by atoms with Crippen LogP contribution < -0.4 is 0 Å². The second-order valence-corrected chi connectivity index (χ2v) is 4.50. The zero-order valence-corrected chi connectivity index (χ0v) is 13.0. The highest BCUT2D eigenvalue weighted by Crippen LogP contribution is 2.16. The van der Waals surface area contributed by atoms with Crippen molar-refractivity contribution in [3.8, 4) is 0 Å². The first-order chi connectivity index (χ1) is 8.19. The van der Waals surface area contributed by atoms with Crippen LogP contribution in [0.1, 0.15) is 61.0 Å². The summed E-state index contributed by atoms with van der Waals surface area (Å²) in [6, 6.07) is 5.79. The molecule has 0 fully saturated rings. The molecule has 0 unspecified atom stereocenters. The molecule has 1 N–H and O–H groups in total. The number of carboxylic acids is 1. The van der Waals surface area contributed by atoms with Gasteiger partial charge in [0, 0.05) is 23.1 Å². The third-order valence-electron chi connectivity index (χ3n) is 3.02. The van der Waals surface area contributed by atoms with Gasteiger partial charge < -0.3 is 5.11 Å². The highest BCUT2D eigenvalue weighted by atomic mass is 24.3. The number of aryl methyl sites for hydroxylation is 2. The van der Waals surface area contributed by atoms with Crippen LogP contribution in [0.15, 0.2) is 18.2 Å². The number of carbonyl (C=O) groups is 1. The van der Waals surface area contributed by atoms with E-state index in [4.69, 9.17) is 5.11 Å². The van der Waals surface area contributed by atoms with Crippen LogP contribution in [0.3, 0.4) is 0 Å². The molecule has 96 valence electrons. The van der Waals surface area contributed by atoms with Gasteiger partial charge in [0.2, 0.25) is 0 Å². The Morgan fingerprint density at radius 2 is 1.72 bits per heavy atom. The molecular formula is C15H22MgO2. The van der Waals surface area contributed by atoms with Crippen molar-refractivity contribution < 1.29 is 9.90 Å². The van der Waals surface area contributed by atoms with E-state index in [0.717, 1.165) is 31.2 Å². The van der Waals surface area contributed by atoms with Gasteiger partial charge in [-0.05, 0) is 42.9 Å². The maximum absolute atomic E-state index is 11.1. The summed E-state index contributed by atoms with van der Waals surface area (Å²) in [5.74, 6) is -0.807. The molecule has 0 heterocycles. The minimum absolute atomic E-state index is 0. The monoisotopic (exact) mass is 258 g/mol. The summed E-state index contributed by atoms with van der Waals surface area (Å²) < 4.78 is 0. The summed E-state index contributed by atoms with van der Waals surface area (Å²) >= 11 is 0. The molecule has 2 nitrogen and oxygen atoms in total. The first-order valence-electron chi connectivity index (χ1n) is 6.54. The molecule has 0 amide bonds. The van der Waals surface area contributed by atoms with Crippen LogP contribution in [0, 0.1) is 0 Å². The summed E-state index contributed by atoms with van der Waals surface area (Å²) in [5.41, 5.74) is 2.73. The number of hydrogen-bond acceptors (Lipinski definition) is 1. The van der Waals surface area contributed by atoms with E-state index < -0.39 is 5.97 Å². The van der Waals surface area contributed by atoms with Gasteiger partial charge in [-0.25, -0.2) is 4.79 Å². The second kappa shape index (κ2) is 9.39. The van der Waals surface area contributed by atoms with Gasteiger partial charge in [0.15, 0.2) is 0 Å². The number of unbranched alkanes of at least 4 members (excludes halogenated alkanes) is 2. The molecule has 18 heavy (non-hydrogen) atoms. The Bertz CT molecular complexity index is 375. The Hall–Kier alpha value is -0.544. The topological polar surface area (TPSA) is 37.3 Å². The first kappa shape index (κ1) is 17.5. The smallest absolute Gasteiger partial charge is 0.335 e. The fourth-order valence-corrected chi connectivity index (χ4v) is 1.97. The van der Waals surface area contributed by atoms with E-state index in [1.54, 1.807) is 6.07 Å². The molecular weight excluding hydrogens is 236 g/mol. The molecule has 0 aromatic heterocycles. The van der Waals surface area contributed by atoms with E-state index >= 15 is 0 Å². The van der Waals surface area contributed by atoms with Crippen molar-refractivity contribution in [2.24, 2.45) is 0 Å². The Morgan fingerprint density at radius 1 is 1.11 bits per heavy atom. The summed E-state index contributed by atoms with van der Waals surface area (Å²) in [4.78, 5) is 11.1. The predicted molar refractivity (Wildman–Crippen MR) is 76.4 cm³/mol. The lowest BCUT2D eigenvalue weighted by Crippen LogP contribution is -2.03. The van der Waals surface area contributed by atoms with E-state index in [-0.39, 0.29) is 23.1 Å². The fraction of sp³-hybridized carbons (Fsp3) is 0.533. The molecule has 0 aliphatic rings. The number of hydrogen-bond donors (Lipinski definition) is 1. The van der Waals surface area contributed by atoms with Crippen LogP contribution in [0.25, 0.3) is 0 Å². The quantitative estimate of drug-likeness (QED) is 0.758. The highest BCUT2D eigenvalue weighted by Gasteiger charge is 2.10. The van der Waals surface area contributed by atoms with E-state index in [0.29, 0.717) is 5.56 Å².